The lowest BCUT2D eigenvalue weighted by molar-refractivity contribution is -0.139. The minimum absolute atomic E-state index is 0.279. The van der Waals surface area contributed by atoms with Crippen LogP contribution < -0.4 is 4.90 Å². The Morgan fingerprint density at radius 3 is 2.84 bits per heavy atom. The van der Waals surface area contributed by atoms with Gasteiger partial charge in [-0.15, -0.1) is 0 Å². The van der Waals surface area contributed by atoms with Gasteiger partial charge in [0.05, 0.1) is 0 Å². The SMILES string of the molecule is CCC1CCN(c2nc(C(C)C)ns2)C(C(=O)O)C1. The van der Waals surface area contributed by atoms with Crippen molar-refractivity contribution in [2.75, 3.05) is 11.4 Å². The smallest absolute Gasteiger partial charge is 0.326 e. The Morgan fingerprint density at radius 2 is 2.32 bits per heavy atom. The first kappa shape index (κ1) is 14.2. The van der Waals surface area contributed by atoms with Crippen molar-refractivity contribution in [3.05, 3.63) is 5.82 Å². The van der Waals surface area contributed by atoms with Crippen LogP contribution in [0.4, 0.5) is 5.13 Å². The number of hydrogen-bond donors (Lipinski definition) is 1. The normalized spacial score (nSPS) is 23.9. The first-order valence-corrected chi connectivity index (χ1v) is 7.63. The van der Waals surface area contributed by atoms with Crippen LogP contribution in [0.1, 0.15) is 51.8 Å². The Bertz CT molecular complexity index is 447. The van der Waals surface area contributed by atoms with Crippen LogP contribution in [0.25, 0.3) is 0 Å². The molecule has 0 bridgehead atoms. The molecule has 2 rings (SSSR count). The Kier molecular flexibility index (Phi) is 4.39. The quantitative estimate of drug-likeness (QED) is 0.920. The summed E-state index contributed by atoms with van der Waals surface area (Å²) in [4.78, 5) is 17.9. The van der Waals surface area contributed by atoms with Gasteiger partial charge in [-0.1, -0.05) is 27.2 Å². The van der Waals surface area contributed by atoms with Crippen molar-refractivity contribution in [1.82, 2.24) is 9.36 Å². The van der Waals surface area contributed by atoms with Crippen LogP contribution in [-0.4, -0.2) is 33.0 Å². The molecule has 2 atom stereocenters. The van der Waals surface area contributed by atoms with Crippen LogP contribution >= 0.6 is 11.5 Å². The Hall–Kier alpha value is -1.17. The van der Waals surface area contributed by atoms with Crippen molar-refractivity contribution >= 4 is 22.6 Å². The van der Waals surface area contributed by atoms with Gasteiger partial charge in [-0.2, -0.15) is 4.37 Å². The lowest BCUT2D eigenvalue weighted by Crippen LogP contribution is -2.47. The molecule has 106 valence electrons. The summed E-state index contributed by atoms with van der Waals surface area (Å²) in [6.07, 6.45) is 2.80. The third-order valence-electron chi connectivity index (χ3n) is 3.77. The predicted octanol–water partition coefficient (Wildman–Crippen LogP) is 2.74. The molecule has 2 unspecified atom stereocenters. The highest BCUT2D eigenvalue weighted by Crippen LogP contribution is 2.31. The Labute approximate surface area is 117 Å². The first-order valence-electron chi connectivity index (χ1n) is 6.86. The fourth-order valence-electron chi connectivity index (χ4n) is 2.45. The molecule has 1 saturated heterocycles. The highest BCUT2D eigenvalue weighted by molar-refractivity contribution is 7.09. The lowest BCUT2D eigenvalue weighted by atomic mass is 9.89. The van der Waals surface area contributed by atoms with Crippen LogP contribution in [0, 0.1) is 5.92 Å². The molecule has 5 nitrogen and oxygen atoms in total. The molecule has 1 aliphatic heterocycles. The van der Waals surface area contributed by atoms with Crippen molar-refractivity contribution in [3.8, 4) is 0 Å². The number of carboxylic acids is 1. The third-order valence-corrected chi connectivity index (χ3v) is 4.53. The zero-order chi connectivity index (χ0) is 14.0. The van der Waals surface area contributed by atoms with Gasteiger partial charge >= 0.3 is 5.97 Å². The van der Waals surface area contributed by atoms with Gasteiger partial charge in [0.25, 0.3) is 0 Å². The number of aliphatic carboxylic acids is 1. The Balaban J connectivity index is 2.18. The molecule has 1 aliphatic rings. The van der Waals surface area contributed by atoms with E-state index in [1.807, 2.05) is 18.7 Å². The van der Waals surface area contributed by atoms with Gasteiger partial charge < -0.3 is 10.0 Å². The second-order valence-corrected chi connectivity index (χ2v) is 6.17. The van der Waals surface area contributed by atoms with Crippen LogP contribution in [0.2, 0.25) is 0 Å². The van der Waals surface area contributed by atoms with E-state index in [1.54, 1.807) is 0 Å². The second-order valence-electron chi connectivity index (χ2n) is 5.44. The monoisotopic (exact) mass is 283 g/mol. The van der Waals surface area contributed by atoms with E-state index in [2.05, 4.69) is 16.3 Å². The average molecular weight is 283 g/mol. The molecule has 6 heteroatoms. The molecule has 1 aromatic rings. The van der Waals surface area contributed by atoms with Gasteiger partial charge in [-0.25, -0.2) is 9.78 Å². The number of hydrogen-bond acceptors (Lipinski definition) is 5. The summed E-state index contributed by atoms with van der Waals surface area (Å²) in [6.45, 7) is 6.98. The van der Waals surface area contributed by atoms with Gasteiger partial charge in [-0.05, 0) is 18.8 Å². The van der Waals surface area contributed by atoms with E-state index in [0.29, 0.717) is 12.3 Å². The standard InChI is InChI=1S/C13H21N3O2S/c1-4-9-5-6-16(10(7-9)12(17)18)13-14-11(8(2)3)15-19-13/h8-10H,4-7H2,1-3H3,(H,17,18). The van der Waals surface area contributed by atoms with Gasteiger partial charge in [0.1, 0.15) is 11.9 Å². The maximum absolute atomic E-state index is 11.5. The van der Waals surface area contributed by atoms with Crippen LogP contribution in [-0.2, 0) is 4.79 Å². The van der Waals surface area contributed by atoms with E-state index < -0.39 is 12.0 Å². The van der Waals surface area contributed by atoms with E-state index >= 15 is 0 Å². The summed E-state index contributed by atoms with van der Waals surface area (Å²) in [5.41, 5.74) is 0. The van der Waals surface area contributed by atoms with Crippen LogP contribution in [0.3, 0.4) is 0 Å². The minimum atomic E-state index is -0.751. The third kappa shape index (κ3) is 3.05. The van der Waals surface area contributed by atoms with Crippen molar-refractivity contribution in [3.63, 3.8) is 0 Å². The summed E-state index contributed by atoms with van der Waals surface area (Å²) in [6, 6.07) is -0.452. The maximum Gasteiger partial charge on any atom is 0.326 e. The van der Waals surface area contributed by atoms with E-state index in [4.69, 9.17) is 0 Å². The van der Waals surface area contributed by atoms with Crippen LogP contribution in [0.5, 0.6) is 0 Å². The highest BCUT2D eigenvalue weighted by atomic mass is 32.1. The fourth-order valence-corrected chi connectivity index (χ4v) is 3.33. The van der Waals surface area contributed by atoms with Crippen molar-refractivity contribution < 1.29 is 9.90 Å². The maximum atomic E-state index is 11.5. The number of piperidine rings is 1. The fraction of sp³-hybridized carbons (Fsp3) is 0.769. The molecular weight excluding hydrogens is 262 g/mol. The first-order chi connectivity index (χ1) is 9.02. The summed E-state index contributed by atoms with van der Waals surface area (Å²) < 4.78 is 4.32. The molecular formula is C13H21N3O2S. The van der Waals surface area contributed by atoms with Gasteiger partial charge in [0.2, 0.25) is 5.13 Å². The zero-order valence-corrected chi connectivity index (χ0v) is 12.5. The van der Waals surface area contributed by atoms with E-state index in [0.717, 1.165) is 30.3 Å². The average Bonchev–Trinajstić information content (AvgIpc) is 2.87. The number of aromatic nitrogens is 2. The van der Waals surface area contributed by atoms with Crippen LogP contribution in [0.15, 0.2) is 0 Å². The second kappa shape index (κ2) is 5.86. The molecule has 0 radical (unpaired) electrons. The molecule has 0 aromatic carbocycles. The molecule has 1 N–H and O–H groups in total. The molecule has 2 heterocycles. The Morgan fingerprint density at radius 1 is 1.58 bits per heavy atom. The molecule has 1 aromatic heterocycles. The molecule has 0 spiro atoms. The lowest BCUT2D eigenvalue weighted by Gasteiger charge is -2.36. The summed E-state index contributed by atoms with van der Waals surface area (Å²) >= 11 is 1.32. The van der Waals surface area contributed by atoms with Gasteiger partial charge in [0, 0.05) is 24.0 Å². The van der Waals surface area contributed by atoms with Gasteiger partial charge in [-0.3, -0.25) is 0 Å². The highest BCUT2D eigenvalue weighted by Gasteiger charge is 2.34. The van der Waals surface area contributed by atoms with Crippen molar-refractivity contribution in [2.45, 2.75) is 52.0 Å². The number of rotatable bonds is 4. The molecule has 0 aliphatic carbocycles. The predicted molar refractivity (Wildman–Crippen MR) is 75.8 cm³/mol. The van der Waals surface area contributed by atoms with Crippen molar-refractivity contribution in [1.29, 1.82) is 0 Å². The molecule has 0 amide bonds. The zero-order valence-electron chi connectivity index (χ0n) is 11.7. The van der Waals surface area contributed by atoms with Crippen molar-refractivity contribution in [2.24, 2.45) is 5.92 Å². The van der Waals surface area contributed by atoms with E-state index in [-0.39, 0.29) is 5.92 Å². The number of anilines is 1. The van der Waals surface area contributed by atoms with E-state index in [1.165, 1.54) is 11.5 Å². The minimum Gasteiger partial charge on any atom is -0.480 e. The van der Waals surface area contributed by atoms with E-state index in [9.17, 15) is 9.90 Å². The summed E-state index contributed by atoms with van der Waals surface area (Å²) in [5.74, 6) is 0.845. The largest absolute Gasteiger partial charge is 0.480 e. The van der Waals surface area contributed by atoms with Gasteiger partial charge in [0.15, 0.2) is 0 Å². The number of carboxylic acid groups (broad SMARTS) is 1. The summed E-state index contributed by atoms with van der Waals surface area (Å²) in [7, 11) is 0. The summed E-state index contributed by atoms with van der Waals surface area (Å²) in [5, 5.41) is 10.2. The molecule has 1 fully saturated rings. The molecule has 19 heavy (non-hydrogen) atoms. The number of nitrogens with zero attached hydrogens (tertiary/aromatic N) is 3. The molecule has 0 saturated carbocycles. The topological polar surface area (TPSA) is 66.3 Å². The number of carbonyl (C=O) groups is 1.